The van der Waals surface area contributed by atoms with Gasteiger partial charge < -0.3 is 14.8 Å². The topological polar surface area (TPSA) is 58.6 Å². The molecule has 0 aromatic heterocycles. The zero-order valence-corrected chi connectivity index (χ0v) is 17.4. The number of likely N-dealkylation sites (tertiary alicyclic amines) is 1. The average molecular weight is 413 g/mol. The van der Waals surface area contributed by atoms with Crippen LogP contribution in [-0.4, -0.2) is 42.3 Å². The van der Waals surface area contributed by atoms with E-state index < -0.39 is 0 Å². The van der Waals surface area contributed by atoms with E-state index in [9.17, 15) is 14.0 Å². The molecule has 160 valence electrons. The Bertz CT molecular complexity index is 829. The molecule has 6 heteroatoms. The third-order valence-electron chi connectivity index (χ3n) is 5.33. The van der Waals surface area contributed by atoms with Crippen LogP contribution in [0.1, 0.15) is 37.3 Å². The molecule has 0 radical (unpaired) electrons. The monoisotopic (exact) mass is 412 g/mol. The van der Waals surface area contributed by atoms with E-state index in [-0.39, 0.29) is 30.2 Å². The molecule has 1 fully saturated rings. The van der Waals surface area contributed by atoms with Crippen LogP contribution < -0.4 is 10.1 Å². The predicted molar refractivity (Wildman–Crippen MR) is 114 cm³/mol. The van der Waals surface area contributed by atoms with Crippen LogP contribution in [0.3, 0.4) is 0 Å². The highest BCUT2D eigenvalue weighted by molar-refractivity contribution is 5.77. The first-order valence-corrected chi connectivity index (χ1v) is 10.5. The Morgan fingerprint density at radius 2 is 1.67 bits per heavy atom. The molecular formula is C24H29FN2O3. The number of aryl methyl sites for hydroxylation is 1. The number of ether oxygens (including phenoxy) is 1. The standard InChI is InChI=1S/C24H29FN2O3/c1-18(28)2-3-19-6-10-23(11-7-19)30-17-24(29)26-22-12-14-27(15-13-22)16-20-4-8-21(25)9-5-20/h4-11,22H,2-3,12-17H2,1H3,(H,26,29). The summed E-state index contributed by atoms with van der Waals surface area (Å²) in [5.41, 5.74) is 2.17. The lowest BCUT2D eigenvalue weighted by Gasteiger charge is -2.32. The molecule has 1 saturated heterocycles. The maximum absolute atomic E-state index is 13.0. The second kappa shape index (κ2) is 10.9. The van der Waals surface area contributed by atoms with Crippen LogP contribution in [0, 0.1) is 5.82 Å². The number of carbonyl (C=O) groups is 2. The molecule has 0 saturated carbocycles. The van der Waals surface area contributed by atoms with Crippen molar-refractivity contribution in [3.05, 3.63) is 65.5 Å². The number of hydrogen-bond donors (Lipinski definition) is 1. The number of hydrogen-bond acceptors (Lipinski definition) is 4. The van der Waals surface area contributed by atoms with Gasteiger partial charge in [-0.3, -0.25) is 9.69 Å². The Kier molecular flexibility index (Phi) is 7.97. The number of carbonyl (C=O) groups excluding carboxylic acids is 2. The van der Waals surface area contributed by atoms with Gasteiger partial charge in [0.15, 0.2) is 6.61 Å². The second-order valence-electron chi connectivity index (χ2n) is 7.88. The summed E-state index contributed by atoms with van der Waals surface area (Å²) >= 11 is 0. The normalized spacial score (nSPS) is 15.0. The smallest absolute Gasteiger partial charge is 0.258 e. The molecule has 1 heterocycles. The molecule has 0 unspecified atom stereocenters. The van der Waals surface area contributed by atoms with Gasteiger partial charge in [0.25, 0.3) is 5.91 Å². The number of piperidine rings is 1. The van der Waals surface area contributed by atoms with E-state index in [0.29, 0.717) is 12.2 Å². The quantitative estimate of drug-likeness (QED) is 0.685. The van der Waals surface area contributed by atoms with Gasteiger partial charge in [-0.05, 0) is 61.6 Å². The Morgan fingerprint density at radius 3 is 2.30 bits per heavy atom. The number of nitrogens with one attached hydrogen (secondary N) is 1. The molecule has 30 heavy (non-hydrogen) atoms. The van der Waals surface area contributed by atoms with E-state index in [1.165, 1.54) is 12.1 Å². The third kappa shape index (κ3) is 7.26. The van der Waals surface area contributed by atoms with Crippen molar-refractivity contribution in [3.8, 4) is 5.75 Å². The summed E-state index contributed by atoms with van der Waals surface area (Å²) in [5, 5.41) is 3.05. The van der Waals surface area contributed by atoms with Crippen molar-refractivity contribution in [2.45, 2.75) is 45.2 Å². The molecule has 1 aliphatic rings. The molecule has 5 nitrogen and oxygen atoms in total. The largest absolute Gasteiger partial charge is 0.484 e. The summed E-state index contributed by atoms with van der Waals surface area (Å²) in [6, 6.07) is 14.3. The number of halogens is 1. The summed E-state index contributed by atoms with van der Waals surface area (Å²) in [6.07, 6.45) is 3.02. The fourth-order valence-electron chi connectivity index (χ4n) is 3.57. The van der Waals surface area contributed by atoms with E-state index in [1.807, 2.05) is 36.4 Å². The molecule has 1 amide bonds. The van der Waals surface area contributed by atoms with Gasteiger partial charge in [-0.15, -0.1) is 0 Å². The highest BCUT2D eigenvalue weighted by Gasteiger charge is 2.20. The molecule has 3 rings (SSSR count). The van der Waals surface area contributed by atoms with Gasteiger partial charge in [0.05, 0.1) is 0 Å². The fraction of sp³-hybridized carbons (Fsp3) is 0.417. The zero-order valence-electron chi connectivity index (χ0n) is 17.4. The Balaban J connectivity index is 1.34. The maximum atomic E-state index is 13.0. The molecule has 2 aromatic rings. The minimum Gasteiger partial charge on any atom is -0.484 e. The summed E-state index contributed by atoms with van der Waals surface area (Å²) in [7, 11) is 0. The van der Waals surface area contributed by atoms with Gasteiger partial charge in [0.1, 0.15) is 17.3 Å². The fourth-order valence-corrected chi connectivity index (χ4v) is 3.57. The summed E-state index contributed by atoms with van der Waals surface area (Å²) in [6.45, 7) is 4.16. The van der Waals surface area contributed by atoms with Crippen molar-refractivity contribution in [2.75, 3.05) is 19.7 Å². The Labute approximate surface area is 177 Å². The van der Waals surface area contributed by atoms with E-state index >= 15 is 0 Å². The van der Waals surface area contributed by atoms with Gasteiger partial charge in [-0.1, -0.05) is 24.3 Å². The van der Waals surface area contributed by atoms with Crippen molar-refractivity contribution in [1.82, 2.24) is 10.2 Å². The highest BCUT2D eigenvalue weighted by Crippen LogP contribution is 2.15. The number of rotatable bonds is 9. The van der Waals surface area contributed by atoms with Gasteiger partial charge in [-0.2, -0.15) is 0 Å². The molecule has 1 aliphatic heterocycles. The van der Waals surface area contributed by atoms with E-state index in [0.717, 1.165) is 50.0 Å². The number of benzene rings is 2. The lowest BCUT2D eigenvalue weighted by molar-refractivity contribution is -0.124. The molecule has 0 aliphatic carbocycles. The van der Waals surface area contributed by atoms with Crippen molar-refractivity contribution in [2.24, 2.45) is 0 Å². The van der Waals surface area contributed by atoms with Gasteiger partial charge >= 0.3 is 0 Å². The second-order valence-corrected chi connectivity index (χ2v) is 7.88. The van der Waals surface area contributed by atoms with Crippen LogP contribution in [0.2, 0.25) is 0 Å². The maximum Gasteiger partial charge on any atom is 0.258 e. The Hall–Kier alpha value is -2.73. The molecule has 0 atom stereocenters. The summed E-state index contributed by atoms with van der Waals surface area (Å²) < 4.78 is 18.6. The first-order valence-electron chi connectivity index (χ1n) is 10.5. The molecule has 1 N–H and O–H groups in total. The Morgan fingerprint density at radius 1 is 1.03 bits per heavy atom. The predicted octanol–water partition coefficient (Wildman–Crippen LogP) is 3.51. The van der Waals surface area contributed by atoms with Crippen molar-refractivity contribution < 1.29 is 18.7 Å². The van der Waals surface area contributed by atoms with Crippen molar-refractivity contribution in [1.29, 1.82) is 0 Å². The van der Waals surface area contributed by atoms with Crippen LogP contribution in [0.5, 0.6) is 5.75 Å². The van der Waals surface area contributed by atoms with Crippen molar-refractivity contribution in [3.63, 3.8) is 0 Å². The highest BCUT2D eigenvalue weighted by atomic mass is 19.1. The molecule has 0 spiro atoms. The average Bonchev–Trinajstić information content (AvgIpc) is 2.74. The number of amides is 1. The van der Waals surface area contributed by atoms with Crippen LogP contribution in [0.4, 0.5) is 4.39 Å². The zero-order chi connectivity index (χ0) is 21.3. The van der Waals surface area contributed by atoms with Gasteiger partial charge in [-0.25, -0.2) is 4.39 Å². The van der Waals surface area contributed by atoms with Crippen LogP contribution in [0.15, 0.2) is 48.5 Å². The number of Topliss-reactive ketones (excluding diaryl/α,β-unsaturated/α-hetero) is 1. The summed E-state index contributed by atoms with van der Waals surface area (Å²) in [5.74, 6) is 0.484. The first-order chi connectivity index (χ1) is 14.5. The van der Waals surface area contributed by atoms with Crippen LogP contribution >= 0.6 is 0 Å². The minimum absolute atomic E-state index is 0.0113. The third-order valence-corrected chi connectivity index (χ3v) is 5.33. The molecule has 0 bridgehead atoms. The SMILES string of the molecule is CC(=O)CCc1ccc(OCC(=O)NC2CCN(Cc3ccc(F)cc3)CC2)cc1. The van der Waals surface area contributed by atoms with Crippen molar-refractivity contribution >= 4 is 11.7 Å². The first kappa shape index (κ1) is 22.0. The van der Waals surface area contributed by atoms with Gasteiger partial charge in [0.2, 0.25) is 0 Å². The molecule has 2 aromatic carbocycles. The number of ketones is 1. The summed E-state index contributed by atoms with van der Waals surface area (Å²) in [4.78, 5) is 25.6. The van der Waals surface area contributed by atoms with Crippen LogP contribution in [0.25, 0.3) is 0 Å². The van der Waals surface area contributed by atoms with E-state index in [4.69, 9.17) is 4.74 Å². The molecular weight excluding hydrogens is 383 g/mol. The number of nitrogens with zero attached hydrogens (tertiary/aromatic N) is 1. The van der Waals surface area contributed by atoms with Gasteiger partial charge in [0, 0.05) is 32.1 Å². The van der Waals surface area contributed by atoms with Crippen LogP contribution in [-0.2, 0) is 22.6 Å². The van der Waals surface area contributed by atoms with E-state index in [2.05, 4.69) is 10.2 Å². The minimum atomic E-state index is -0.216. The lowest BCUT2D eigenvalue weighted by Crippen LogP contribution is -2.45. The lowest BCUT2D eigenvalue weighted by atomic mass is 10.0. The van der Waals surface area contributed by atoms with E-state index in [1.54, 1.807) is 6.92 Å².